The largest absolute Gasteiger partial charge is 0.356 e. The SMILES string of the molecule is CC1CCCCC1N(C)c1nc2ccccc2cc1C=O. The highest BCUT2D eigenvalue weighted by atomic mass is 16.1. The standard InChI is InChI=1S/C18H22N2O/c1-13-7-3-6-10-17(13)20(2)18-15(12-21)11-14-8-4-5-9-16(14)19-18/h4-5,8-9,11-13,17H,3,6-7,10H2,1-2H3. The smallest absolute Gasteiger partial charge is 0.153 e. The summed E-state index contributed by atoms with van der Waals surface area (Å²) in [4.78, 5) is 18.4. The van der Waals surface area contributed by atoms with Crippen molar-refractivity contribution in [3.63, 3.8) is 0 Å². The number of pyridine rings is 1. The third-order valence-electron chi connectivity index (χ3n) is 4.76. The van der Waals surface area contributed by atoms with Crippen molar-refractivity contribution in [2.75, 3.05) is 11.9 Å². The Bertz CT molecular complexity index is 653. The van der Waals surface area contributed by atoms with Crippen LogP contribution in [0, 0.1) is 5.92 Å². The Morgan fingerprint density at radius 1 is 1.24 bits per heavy atom. The first kappa shape index (κ1) is 14.1. The summed E-state index contributed by atoms with van der Waals surface area (Å²) in [6, 6.07) is 10.4. The fourth-order valence-corrected chi connectivity index (χ4v) is 3.52. The third-order valence-corrected chi connectivity index (χ3v) is 4.76. The summed E-state index contributed by atoms with van der Waals surface area (Å²) in [7, 11) is 2.08. The van der Waals surface area contributed by atoms with Gasteiger partial charge in [0.05, 0.1) is 11.1 Å². The normalized spacial score (nSPS) is 22.2. The van der Waals surface area contributed by atoms with E-state index in [0.29, 0.717) is 17.5 Å². The van der Waals surface area contributed by atoms with E-state index in [0.717, 1.165) is 23.0 Å². The fourth-order valence-electron chi connectivity index (χ4n) is 3.52. The van der Waals surface area contributed by atoms with Crippen LogP contribution < -0.4 is 4.90 Å². The summed E-state index contributed by atoms with van der Waals surface area (Å²) in [5, 5.41) is 1.02. The lowest BCUT2D eigenvalue weighted by Gasteiger charge is -2.37. The van der Waals surface area contributed by atoms with Gasteiger partial charge in [0.1, 0.15) is 5.82 Å². The molecule has 1 aliphatic carbocycles. The molecule has 2 aromatic rings. The van der Waals surface area contributed by atoms with Crippen LogP contribution in [0.1, 0.15) is 43.0 Å². The number of carbonyl (C=O) groups is 1. The van der Waals surface area contributed by atoms with Crippen LogP contribution >= 0.6 is 0 Å². The number of carbonyl (C=O) groups excluding carboxylic acids is 1. The summed E-state index contributed by atoms with van der Waals surface area (Å²) in [6.45, 7) is 2.31. The molecule has 0 spiro atoms. The monoisotopic (exact) mass is 282 g/mol. The number of fused-ring (bicyclic) bond motifs is 1. The van der Waals surface area contributed by atoms with Crippen molar-refractivity contribution >= 4 is 23.0 Å². The molecule has 21 heavy (non-hydrogen) atoms. The second-order valence-corrected chi connectivity index (χ2v) is 6.15. The van der Waals surface area contributed by atoms with Gasteiger partial charge in [-0.05, 0) is 30.9 Å². The maximum Gasteiger partial charge on any atom is 0.153 e. The molecule has 1 heterocycles. The zero-order chi connectivity index (χ0) is 14.8. The molecular weight excluding hydrogens is 260 g/mol. The van der Waals surface area contributed by atoms with Gasteiger partial charge in [0.25, 0.3) is 0 Å². The predicted octanol–water partition coefficient (Wildman–Crippen LogP) is 4.06. The lowest BCUT2D eigenvalue weighted by molar-refractivity contribution is 0.112. The highest BCUT2D eigenvalue weighted by Gasteiger charge is 2.27. The Kier molecular flexibility index (Phi) is 3.91. The molecule has 2 atom stereocenters. The molecule has 0 amide bonds. The van der Waals surface area contributed by atoms with Crippen molar-refractivity contribution in [2.24, 2.45) is 5.92 Å². The van der Waals surface area contributed by atoms with E-state index in [4.69, 9.17) is 4.98 Å². The number of aromatic nitrogens is 1. The van der Waals surface area contributed by atoms with Crippen molar-refractivity contribution in [3.05, 3.63) is 35.9 Å². The molecule has 3 rings (SSSR count). The molecule has 0 saturated heterocycles. The topological polar surface area (TPSA) is 33.2 Å². The van der Waals surface area contributed by atoms with E-state index in [1.165, 1.54) is 25.7 Å². The van der Waals surface area contributed by atoms with E-state index < -0.39 is 0 Å². The number of hydrogen-bond acceptors (Lipinski definition) is 3. The second-order valence-electron chi connectivity index (χ2n) is 6.15. The molecule has 0 bridgehead atoms. The highest BCUT2D eigenvalue weighted by molar-refractivity contribution is 5.91. The van der Waals surface area contributed by atoms with Crippen LogP contribution in [0.3, 0.4) is 0 Å². The Balaban J connectivity index is 2.03. The van der Waals surface area contributed by atoms with Gasteiger partial charge in [0, 0.05) is 18.5 Å². The first-order chi connectivity index (χ1) is 10.2. The maximum absolute atomic E-state index is 11.5. The molecule has 2 unspecified atom stereocenters. The average molecular weight is 282 g/mol. The third kappa shape index (κ3) is 2.65. The van der Waals surface area contributed by atoms with Crippen LogP contribution in [-0.2, 0) is 0 Å². The first-order valence-corrected chi connectivity index (χ1v) is 7.78. The lowest BCUT2D eigenvalue weighted by atomic mass is 9.85. The van der Waals surface area contributed by atoms with Crippen molar-refractivity contribution in [1.29, 1.82) is 0 Å². The second kappa shape index (κ2) is 5.84. The molecule has 1 aromatic heterocycles. The van der Waals surface area contributed by atoms with Gasteiger partial charge in [0.2, 0.25) is 0 Å². The summed E-state index contributed by atoms with van der Waals surface area (Å²) < 4.78 is 0. The Labute approximate surface area is 126 Å². The van der Waals surface area contributed by atoms with E-state index in [1.807, 2.05) is 30.3 Å². The van der Waals surface area contributed by atoms with Crippen LogP contribution in [0.4, 0.5) is 5.82 Å². The molecule has 1 aromatic carbocycles. The van der Waals surface area contributed by atoms with Gasteiger partial charge in [-0.2, -0.15) is 0 Å². The Morgan fingerprint density at radius 2 is 2.00 bits per heavy atom. The fraction of sp³-hybridized carbons (Fsp3) is 0.444. The number of hydrogen-bond donors (Lipinski definition) is 0. The van der Waals surface area contributed by atoms with Gasteiger partial charge >= 0.3 is 0 Å². The highest BCUT2D eigenvalue weighted by Crippen LogP contribution is 2.31. The van der Waals surface area contributed by atoms with Gasteiger partial charge in [0.15, 0.2) is 6.29 Å². The Hall–Kier alpha value is -1.90. The number of anilines is 1. The lowest BCUT2D eigenvalue weighted by Crippen LogP contribution is -2.40. The van der Waals surface area contributed by atoms with Gasteiger partial charge in [-0.1, -0.05) is 38.0 Å². The van der Waals surface area contributed by atoms with E-state index >= 15 is 0 Å². The van der Waals surface area contributed by atoms with Gasteiger partial charge in [-0.15, -0.1) is 0 Å². The minimum Gasteiger partial charge on any atom is -0.356 e. The van der Waals surface area contributed by atoms with Gasteiger partial charge < -0.3 is 4.90 Å². The van der Waals surface area contributed by atoms with E-state index in [-0.39, 0.29) is 0 Å². The van der Waals surface area contributed by atoms with Crippen molar-refractivity contribution in [1.82, 2.24) is 4.98 Å². The van der Waals surface area contributed by atoms with Crippen LogP contribution in [-0.4, -0.2) is 24.4 Å². The van der Waals surface area contributed by atoms with Crippen molar-refractivity contribution < 1.29 is 4.79 Å². The number of para-hydroxylation sites is 1. The summed E-state index contributed by atoms with van der Waals surface area (Å²) in [5.74, 6) is 1.47. The van der Waals surface area contributed by atoms with Crippen LogP contribution in [0.2, 0.25) is 0 Å². The average Bonchev–Trinajstić information content (AvgIpc) is 2.53. The quantitative estimate of drug-likeness (QED) is 0.796. The van der Waals surface area contributed by atoms with Crippen molar-refractivity contribution in [2.45, 2.75) is 38.6 Å². The van der Waals surface area contributed by atoms with Gasteiger partial charge in [-0.25, -0.2) is 4.98 Å². The minimum absolute atomic E-state index is 0.478. The molecular formula is C18H22N2O. The summed E-state index contributed by atoms with van der Waals surface area (Å²) in [5.41, 5.74) is 1.64. The number of aldehydes is 1. The predicted molar refractivity (Wildman–Crippen MR) is 87.0 cm³/mol. The zero-order valence-electron chi connectivity index (χ0n) is 12.7. The van der Waals surface area contributed by atoms with Crippen LogP contribution in [0.25, 0.3) is 10.9 Å². The minimum atomic E-state index is 0.478. The molecule has 1 aliphatic rings. The number of nitrogens with zero attached hydrogens (tertiary/aromatic N) is 2. The van der Waals surface area contributed by atoms with Gasteiger partial charge in [-0.3, -0.25) is 4.79 Å². The molecule has 3 heteroatoms. The Morgan fingerprint density at radius 3 is 2.76 bits per heavy atom. The molecule has 3 nitrogen and oxygen atoms in total. The number of benzene rings is 1. The number of rotatable bonds is 3. The molecule has 0 radical (unpaired) electrons. The van der Waals surface area contributed by atoms with Crippen LogP contribution in [0.15, 0.2) is 30.3 Å². The summed E-state index contributed by atoms with van der Waals surface area (Å²) >= 11 is 0. The van der Waals surface area contributed by atoms with Crippen LogP contribution in [0.5, 0.6) is 0 Å². The molecule has 0 N–H and O–H groups in total. The molecule has 0 aliphatic heterocycles. The van der Waals surface area contributed by atoms with E-state index in [9.17, 15) is 4.79 Å². The molecule has 1 saturated carbocycles. The van der Waals surface area contributed by atoms with E-state index in [2.05, 4.69) is 18.9 Å². The van der Waals surface area contributed by atoms with E-state index in [1.54, 1.807) is 0 Å². The van der Waals surface area contributed by atoms with Crippen molar-refractivity contribution in [3.8, 4) is 0 Å². The summed E-state index contributed by atoms with van der Waals surface area (Å²) in [6.07, 6.45) is 5.96. The molecule has 110 valence electrons. The molecule has 1 fully saturated rings. The maximum atomic E-state index is 11.5. The first-order valence-electron chi connectivity index (χ1n) is 7.78. The zero-order valence-corrected chi connectivity index (χ0v) is 12.7.